The fourth-order valence-corrected chi connectivity index (χ4v) is 0.807. The van der Waals surface area contributed by atoms with Gasteiger partial charge in [-0.05, 0) is 6.42 Å². The largest absolute Gasteiger partial charge is 0.394 e. The molecule has 0 saturated carbocycles. The monoisotopic (exact) mass is 160 g/mol. The molecule has 0 spiro atoms. The summed E-state index contributed by atoms with van der Waals surface area (Å²) in [6, 6.07) is -0.758. The standard InChI is InChI=1S/C7H16N2O2/c1-3-4-9(2)7(11)6(8)5-10/h6,10H,3-5,8H2,1-2H3. The Balaban J connectivity index is 3.81. The van der Waals surface area contributed by atoms with E-state index in [0.717, 1.165) is 6.42 Å². The van der Waals surface area contributed by atoms with Gasteiger partial charge >= 0.3 is 0 Å². The smallest absolute Gasteiger partial charge is 0.241 e. The van der Waals surface area contributed by atoms with E-state index in [0.29, 0.717) is 6.54 Å². The second-order valence-electron chi connectivity index (χ2n) is 2.55. The second kappa shape index (κ2) is 5.09. The molecule has 0 aliphatic rings. The lowest BCUT2D eigenvalue weighted by atomic mass is 10.3. The third-order valence-electron chi connectivity index (χ3n) is 1.45. The molecule has 11 heavy (non-hydrogen) atoms. The Kier molecular flexibility index (Phi) is 4.81. The maximum absolute atomic E-state index is 11.1. The highest BCUT2D eigenvalue weighted by Crippen LogP contribution is 1.90. The Morgan fingerprint density at radius 2 is 2.27 bits per heavy atom. The van der Waals surface area contributed by atoms with Crippen LogP contribution in [0.25, 0.3) is 0 Å². The minimum Gasteiger partial charge on any atom is -0.394 e. The summed E-state index contributed by atoms with van der Waals surface area (Å²) in [4.78, 5) is 12.6. The number of carbonyl (C=O) groups excluding carboxylic acids is 1. The molecule has 0 bridgehead atoms. The Bertz CT molecular complexity index is 128. The fraction of sp³-hybridized carbons (Fsp3) is 0.857. The van der Waals surface area contributed by atoms with Gasteiger partial charge in [-0.25, -0.2) is 0 Å². The number of hydrogen-bond acceptors (Lipinski definition) is 3. The van der Waals surface area contributed by atoms with E-state index in [2.05, 4.69) is 0 Å². The number of aliphatic hydroxyl groups is 1. The predicted octanol–water partition coefficient (Wildman–Crippen LogP) is -0.826. The van der Waals surface area contributed by atoms with Gasteiger partial charge in [-0.1, -0.05) is 6.92 Å². The molecule has 0 heterocycles. The summed E-state index contributed by atoms with van der Waals surface area (Å²) in [5.41, 5.74) is 5.31. The molecule has 0 aliphatic heterocycles. The highest BCUT2D eigenvalue weighted by atomic mass is 16.3. The van der Waals surface area contributed by atoms with E-state index in [1.165, 1.54) is 4.90 Å². The summed E-state index contributed by atoms with van der Waals surface area (Å²) in [5.74, 6) is -0.200. The summed E-state index contributed by atoms with van der Waals surface area (Å²) in [7, 11) is 1.68. The number of carbonyl (C=O) groups is 1. The van der Waals surface area contributed by atoms with Crippen LogP contribution in [0.5, 0.6) is 0 Å². The molecule has 0 rings (SSSR count). The van der Waals surface area contributed by atoms with E-state index in [1.807, 2.05) is 6.92 Å². The number of hydrogen-bond donors (Lipinski definition) is 2. The van der Waals surface area contributed by atoms with E-state index in [9.17, 15) is 4.79 Å². The van der Waals surface area contributed by atoms with Gasteiger partial charge < -0.3 is 15.7 Å². The molecule has 1 unspecified atom stereocenters. The molecule has 0 fully saturated rings. The van der Waals surface area contributed by atoms with Gasteiger partial charge in [-0.3, -0.25) is 4.79 Å². The van der Waals surface area contributed by atoms with Crippen LogP contribution in [-0.4, -0.2) is 42.2 Å². The zero-order valence-electron chi connectivity index (χ0n) is 7.08. The average molecular weight is 160 g/mol. The van der Waals surface area contributed by atoms with Crippen molar-refractivity contribution in [2.45, 2.75) is 19.4 Å². The minimum atomic E-state index is -0.758. The van der Waals surface area contributed by atoms with Crippen LogP contribution in [0.1, 0.15) is 13.3 Å². The van der Waals surface area contributed by atoms with Gasteiger partial charge in [0.25, 0.3) is 0 Å². The van der Waals surface area contributed by atoms with Gasteiger partial charge in [-0.2, -0.15) is 0 Å². The molecular weight excluding hydrogens is 144 g/mol. The van der Waals surface area contributed by atoms with Crippen molar-refractivity contribution >= 4 is 5.91 Å². The maximum Gasteiger partial charge on any atom is 0.241 e. The Morgan fingerprint density at radius 1 is 1.73 bits per heavy atom. The van der Waals surface area contributed by atoms with Crippen LogP contribution >= 0.6 is 0 Å². The molecule has 66 valence electrons. The first kappa shape index (κ1) is 10.4. The van der Waals surface area contributed by atoms with Crippen LogP contribution < -0.4 is 5.73 Å². The molecule has 4 heteroatoms. The van der Waals surface area contributed by atoms with Crippen LogP contribution in [0.15, 0.2) is 0 Å². The van der Waals surface area contributed by atoms with E-state index >= 15 is 0 Å². The van der Waals surface area contributed by atoms with Crippen molar-refractivity contribution in [2.75, 3.05) is 20.2 Å². The first-order valence-corrected chi connectivity index (χ1v) is 3.74. The molecule has 0 aromatic rings. The molecule has 1 amide bonds. The number of amides is 1. The minimum absolute atomic E-state index is 0.200. The number of likely N-dealkylation sites (N-methyl/N-ethyl adjacent to an activating group) is 1. The third-order valence-corrected chi connectivity index (χ3v) is 1.45. The van der Waals surface area contributed by atoms with Gasteiger partial charge in [0.2, 0.25) is 5.91 Å². The van der Waals surface area contributed by atoms with E-state index in [-0.39, 0.29) is 12.5 Å². The topological polar surface area (TPSA) is 66.6 Å². The molecule has 0 radical (unpaired) electrons. The second-order valence-corrected chi connectivity index (χ2v) is 2.55. The molecule has 3 N–H and O–H groups in total. The number of nitrogens with zero attached hydrogens (tertiary/aromatic N) is 1. The normalized spacial score (nSPS) is 12.7. The Hall–Kier alpha value is -0.610. The molecule has 1 atom stereocenters. The summed E-state index contributed by atoms with van der Waals surface area (Å²) < 4.78 is 0. The van der Waals surface area contributed by atoms with Crippen molar-refractivity contribution in [2.24, 2.45) is 5.73 Å². The van der Waals surface area contributed by atoms with Gasteiger partial charge in [0, 0.05) is 13.6 Å². The molecule has 4 nitrogen and oxygen atoms in total. The highest BCUT2D eigenvalue weighted by molar-refractivity contribution is 5.81. The van der Waals surface area contributed by atoms with E-state index < -0.39 is 6.04 Å². The van der Waals surface area contributed by atoms with Crippen molar-refractivity contribution in [3.63, 3.8) is 0 Å². The third kappa shape index (κ3) is 3.34. The zero-order chi connectivity index (χ0) is 8.85. The lowest BCUT2D eigenvalue weighted by molar-refractivity contribution is -0.132. The van der Waals surface area contributed by atoms with Crippen molar-refractivity contribution in [1.82, 2.24) is 4.90 Å². The van der Waals surface area contributed by atoms with Crippen LogP contribution in [0.2, 0.25) is 0 Å². The SMILES string of the molecule is CCCN(C)C(=O)C(N)CO. The lowest BCUT2D eigenvalue weighted by Gasteiger charge is -2.18. The van der Waals surface area contributed by atoms with E-state index in [1.54, 1.807) is 7.05 Å². The molecule has 0 saturated heterocycles. The highest BCUT2D eigenvalue weighted by Gasteiger charge is 2.15. The number of aliphatic hydroxyl groups excluding tert-OH is 1. The lowest BCUT2D eigenvalue weighted by Crippen LogP contribution is -2.44. The Morgan fingerprint density at radius 3 is 2.64 bits per heavy atom. The first-order valence-electron chi connectivity index (χ1n) is 3.74. The van der Waals surface area contributed by atoms with Gasteiger partial charge in [-0.15, -0.1) is 0 Å². The quantitative estimate of drug-likeness (QED) is 0.564. The maximum atomic E-state index is 11.1. The molecule has 0 aromatic heterocycles. The van der Waals surface area contributed by atoms with Crippen LogP contribution in [0.4, 0.5) is 0 Å². The summed E-state index contributed by atoms with van der Waals surface area (Å²) >= 11 is 0. The van der Waals surface area contributed by atoms with Gasteiger partial charge in [0.05, 0.1) is 6.61 Å². The van der Waals surface area contributed by atoms with Gasteiger partial charge in [0.15, 0.2) is 0 Å². The fourth-order valence-electron chi connectivity index (χ4n) is 0.807. The summed E-state index contributed by atoms with van der Waals surface area (Å²) in [6.45, 7) is 2.38. The summed E-state index contributed by atoms with van der Waals surface area (Å²) in [5, 5.41) is 8.55. The van der Waals surface area contributed by atoms with Crippen LogP contribution in [0, 0.1) is 0 Å². The van der Waals surface area contributed by atoms with Crippen molar-refractivity contribution in [3.05, 3.63) is 0 Å². The Labute approximate surface area is 67.0 Å². The van der Waals surface area contributed by atoms with Gasteiger partial charge in [0.1, 0.15) is 6.04 Å². The first-order chi connectivity index (χ1) is 5.13. The van der Waals surface area contributed by atoms with Crippen LogP contribution in [-0.2, 0) is 4.79 Å². The van der Waals surface area contributed by atoms with Crippen LogP contribution in [0.3, 0.4) is 0 Å². The summed E-state index contributed by atoms with van der Waals surface area (Å²) in [6.07, 6.45) is 0.903. The number of rotatable bonds is 4. The zero-order valence-corrected chi connectivity index (χ0v) is 7.08. The van der Waals surface area contributed by atoms with E-state index in [4.69, 9.17) is 10.8 Å². The number of nitrogens with two attached hydrogens (primary N) is 1. The molecule has 0 aliphatic carbocycles. The predicted molar refractivity (Wildman–Crippen MR) is 43.0 cm³/mol. The van der Waals surface area contributed by atoms with Crippen molar-refractivity contribution < 1.29 is 9.90 Å². The van der Waals surface area contributed by atoms with Crippen molar-refractivity contribution in [3.8, 4) is 0 Å². The molecule has 0 aromatic carbocycles. The average Bonchev–Trinajstić information content (AvgIpc) is 2.02. The molecular formula is C7H16N2O2. The van der Waals surface area contributed by atoms with Crippen molar-refractivity contribution in [1.29, 1.82) is 0 Å².